The van der Waals surface area contributed by atoms with Crippen LogP contribution >= 0.6 is 0 Å². The molecule has 8 heteroatoms. The van der Waals surface area contributed by atoms with Crippen molar-refractivity contribution in [2.24, 2.45) is 0 Å². The Balaban J connectivity index is 1.48. The largest absolute Gasteiger partial charge is 0.322 e. The van der Waals surface area contributed by atoms with Crippen LogP contribution in [0.5, 0.6) is 0 Å². The molecular formula is C22H25N3O4S. The van der Waals surface area contributed by atoms with Gasteiger partial charge in [-0.25, -0.2) is 8.42 Å². The summed E-state index contributed by atoms with van der Waals surface area (Å²) in [4.78, 5) is 26.3. The highest BCUT2D eigenvalue weighted by molar-refractivity contribution is 7.89. The molecule has 0 bridgehead atoms. The lowest BCUT2D eigenvalue weighted by Gasteiger charge is -2.25. The fourth-order valence-electron chi connectivity index (χ4n) is 4.02. The van der Waals surface area contributed by atoms with Gasteiger partial charge in [0.15, 0.2) is 0 Å². The van der Waals surface area contributed by atoms with Gasteiger partial charge in [0.25, 0.3) is 5.91 Å². The maximum atomic E-state index is 12.7. The number of anilines is 2. The van der Waals surface area contributed by atoms with Crippen LogP contribution in [0.2, 0.25) is 0 Å². The van der Waals surface area contributed by atoms with E-state index in [0.717, 1.165) is 36.9 Å². The Morgan fingerprint density at radius 1 is 0.933 bits per heavy atom. The molecule has 158 valence electrons. The van der Waals surface area contributed by atoms with Crippen LogP contribution in [0.25, 0.3) is 0 Å². The van der Waals surface area contributed by atoms with Crippen LogP contribution in [-0.2, 0) is 21.2 Å². The Kier molecular flexibility index (Phi) is 5.62. The number of benzene rings is 2. The smallest absolute Gasteiger partial charge is 0.255 e. The quantitative estimate of drug-likeness (QED) is 0.813. The van der Waals surface area contributed by atoms with Gasteiger partial charge in [0.05, 0.1) is 4.90 Å². The molecule has 4 rings (SSSR count). The van der Waals surface area contributed by atoms with Gasteiger partial charge in [-0.2, -0.15) is 4.31 Å². The monoisotopic (exact) mass is 427 g/mol. The van der Waals surface area contributed by atoms with Crippen molar-refractivity contribution in [1.29, 1.82) is 0 Å². The third kappa shape index (κ3) is 3.97. The van der Waals surface area contributed by atoms with E-state index in [2.05, 4.69) is 5.32 Å². The number of amides is 2. The first-order valence-corrected chi connectivity index (χ1v) is 11.6. The third-order valence-corrected chi connectivity index (χ3v) is 7.60. The van der Waals surface area contributed by atoms with Crippen LogP contribution < -0.4 is 10.2 Å². The summed E-state index contributed by atoms with van der Waals surface area (Å²) < 4.78 is 27.0. The average Bonchev–Trinajstić information content (AvgIpc) is 3.18. The zero-order valence-electron chi connectivity index (χ0n) is 16.9. The number of carbonyl (C=O) groups is 2. The van der Waals surface area contributed by atoms with Crippen molar-refractivity contribution in [3.63, 3.8) is 0 Å². The number of carbonyl (C=O) groups excluding carboxylic acids is 2. The third-order valence-electron chi connectivity index (χ3n) is 5.69. The van der Waals surface area contributed by atoms with Gasteiger partial charge in [-0.05, 0) is 61.2 Å². The fourth-order valence-corrected chi connectivity index (χ4v) is 5.54. The van der Waals surface area contributed by atoms with Crippen molar-refractivity contribution >= 4 is 33.2 Å². The molecule has 2 aliphatic heterocycles. The zero-order valence-corrected chi connectivity index (χ0v) is 17.7. The fraction of sp³-hybridized carbons (Fsp3) is 0.364. The number of nitrogens with one attached hydrogen (secondary N) is 1. The van der Waals surface area contributed by atoms with Crippen molar-refractivity contribution in [2.45, 2.75) is 37.5 Å². The van der Waals surface area contributed by atoms with E-state index in [1.54, 1.807) is 11.0 Å². The van der Waals surface area contributed by atoms with E-state index >= 15 is 0 Å². The molecule has 7 nitrogen and oxygen atoms in total. The van der Waals surface area contributed by atoms with E-state index < -0.39 is 10.0 Å². The van der Waals surface area contributed by atoms with Gasteiger partial charge >= 0.3 is 0 Å². The second-order valence-electron chi connectivity index (χ2n) is 7.71. The molecule has 1 fully saturated rings. The van der Waals surface area contributed by atoms with Crippen LogP contribution in [-0.4, -0.2) is 44.2 Å². The van der Waals surface area contributed by atoms with Crippen LogP contribution in [0.15, 0.2) is 47.4 Å². The molecule has 2 amide bonds. The van der Waals surface area contributed by atoms with E-state index in [1.807, 2.05) is 12.1 Å². The van der Waals surface area contributed by atoms with E-state index in [4.69, 9.17) is 0 Å². The molecule has 0 aliphatic carbocycles. The summed E-state index contributed by atoms with van der Waals surface area (Å²) in [6, 6.07) is 11.6. The van der Waals surface area contributed by atoms with Crippen LogP contribution in [0.1, 0.15) is 42.1 Å². The van der Waals surface area contributed by atoms with Crippen molar-refractivity contribution in [3.05, 3.63) is 53.6 Å². The molecule has 1 saturated heterocycles. The molecule has 0 atom stereocenters. The molecule has 2 aromatic carbocycles. The number of piperidine rings is 1. The second-order valence-corrected chi connectivity index (χ2v) is 9.65. The first kappa shape index (κ1) is 20.6. The molecule has 0 radical (unpaired) electrons. The summed E-state index contributed by atoms with van der Waals surface area (Å²) in [7, 11) is -3.52. The second kappa shape index (κ2) is 8.20. The van der Waals surface area contributed by atoms with Gasteiger partial charge in [-0.1, -0.05) is 12.5 Å². The van der Waals surface area contributed by atoms with E-state index in [0.29, 0.717) is 30.9 Å². The average molecular weight is 428 g/mol. The SMILES string of the molecule is CC(=O)N1CCc2ccc(NC(=O)c3ccc(S(=O)(=O)N4CCCCC4)cc3)cc21. The standard InChI is InChI=1S/C22H25N3O4S/c1-16(26)25-14-11-17-5-8-19(15-21(17)25)23-22(27)18-6-9-20(10-7-18)30(28,29)24-12-3-2-4-13-24/h5-10,15H,2-4,11-14H2,1H3,(H,23,27). The van der Waals surface area contributed by atoms with Gasteiger partial charge in [-0.3, -0.25) is 9.59 Å². The normalized spacial score (nSPS) is 16.9. The Bertz CT molecular complexity index is 1070. The predicted octanol–water partition coefficient (Wildman–Crippen LogP) is 3.02. The highest BCUT2D eigenvalue weighted by atomic mass is 32.2. The summed E-state index contributed by atoms with van der Waals surface area (Å²) in [5.41, 5.74) is 2.87. The Labute approximate surface area is 176 Å². The number of hydrogen-bond donors (Lipinski definition) is 1. The minimum atomic E-state index is -3.52. The lowest BCUT2D eigenvalue weighted by Crippen LogP contribution is -2.35. The number of fused-ring (bicyclic) bond motifs is 1. The molecule has 0 saturated carbocycles. The Morgan fingerprint density at radius 3 is 2.30 bits per heavy atom. The highest BCUT2D eigenvalue weighted by Crippen LogP contribution is 2.31. The number of hydrogen-bond acceptors (Lipinski definition) is 4. The first-order valence-electron chi connectivity index (χ1n) is 10.2. The number of sulfonamides is 1. The molecule has 0 unspecified atom stereocenters. The molecule has 2 aromatic rings. The van der Waals surface area contributed by atoms with Crippen molar-refractivity contribution in [3.8, 4) is 0 Å². The summed E-state index contributed by atoms with van der Waals surface area (Å²) in [5.74, 6) is -0.355. The van der Waals surface area contributed by atoms with Gasteiger partial charge in [0.1, 0.15) is 0 Å². The number of nitrogens with zero attached hydrogens (tertiary/aromatic N) is 2. The lowest BCUT2D eigenvalue weighted by atomic mass is 10.1. The first-order chi connectivity index (χ1) is 14.4. The van der Waals surface area contributed by atoms with Gasteiger partial charge in [0.2, 0.25) is 15.9 Å². The molecule has 2 aliphatic rings. The lowest BCUT2D eigenvalue weighted by molar-refractivity contribution is -0.116. The summed E-state index contributed by atoms with van der Waals surface area (Å²) in [6.45, 7) is 3.26. The Morgan fingerprint density at radius 2 is 1.63 bits per heavy atom. The maximum Gasteiger partial charge on any atom is 0.255 e. The molecular weight excluding hydrogens is 402 g/mol. The van der Waals surface area contributed by atoms with Crippen LogP contribution in [0, 0.1) is 0 Å². The minimum absolute atomic E-state index is 0.0252. The van der Waals surface area contributed by atoms with Crippen molar-refractivity contribution in [2.75, 3.05) is 29.9 Å². The Hall–Kier alpha value is -2.71. The summed E-state index contributed by atoms with van der Waals surface area (Å²) >= 11 is 0. The van der Waals surface area contributed by atoms with Crippen LogP contribution in [0.4, 0.5) is 11.4 Å². The highest BCUT2D eigenvalue weighted by Gasteiger charge is 2.26. The topological polar surface area (TPSA) is 86.8 Å². The van der Waals surface area contributed by atoms with E-state index in [1.165, 1.54) is 35.5 Å². The zero-order chi connectivity index (χ0) is 21.3. The number of rotatable bonds is 4. The van der Waals surface area contributed by atoms with Crippen LogP contribution in [0.3, 0.4) is 0 Å². The van der Waals surface area contributed by atoms with E-state index in [9.17, 15) is 18.0 Å². The predicted molar refractivity (Wildman–Crippen MR) is 115 cm³/mol. The van der Waals surface area contributed by atoms with Crippen molar-refractivity contribution in [1.82, 2.24) is 4.31 Å². The minimum Gasteiger partial charge on any atom is -0.322 e. The van der Waals surface area contributed by atoms with Gasteiger partial charge in [0, 0.05) is 43.5 Å². The maximum absolute atomic E-state index is 12.7. The van der Waals surface area contributed by atoms with Crippen molar-refractivity contribution < 1.29 is 18.0 Å². The summed E-state index contributed by atoms with van der Waals surface area (Å²) in [6.07, 6.45) is 3.61. The molecule has 2 heterocycles. The van der Waals surface area contributed by atoms with E-state index in [-0.39, 0.29) is 16.7 Å². The molecule has 0 aromatic heterocycles. The molecule has 0 spiro atoms. The summed E-state index contributed by atoms with van der Waals surface area (Å²) in [5, 5.41) is 2.83. The van der Waals surface area contributed by atoms with Gasteiger partial charge in [-0.15, -0.1) is 0 Å². The van der Waals surface area contributed by atoms with Gasteiger partial charge < -0.3 is 10.2 Å². The molecule has 1 N–H and O–H groups in total. The molecule has 30 heavy (non-hydrogen) atoms.